The van der Waals surface area contributed by atoms with E-state index in [9.17, 15) is 4.79 Å². The fourth-order valence-corrected chi connectivity index (χ4v) is 2.71. The van der Waals surface area contributed by atoms with Gasteiger partial charge in [-0.1, -0.05) is 17.7 Å². The first-order chi connectivity index (χ1) is 12.1. The van der Waals surface area contributed by atoms with Gasteiger partial charge in [0.25, 0.3) is 5.91 Å². The highest BCUT2D eigenvalue weighted by Gasteiger charge is 2.19. The topological polar surface area (TPSA) is 83.7 Å². The lowest BCUT2D eigenvalue weighted by molar-refractivity contribution is -0.116. The van der Waals surface area contributed by atoms with Crippen LogP contribution in [0.4, 0.5) is 11.5 Å². The van der Waals surface area contributed by atoms with Crippen LogP contribution in [0.3, 0.4) is 0 Å². The van der Waals surface area contributed by atoms with E-state index < -0.39 is 0 Å². The number of rotatable bonds is 3. The molecule has 0 bridgehead atoms. The second-order valence-electron chi connectivity index (χ2n) is 5.51. The maximum absolute atomic E-state index is 11.8. The highest BCUT2D eigenvalue weighted by atomic mass is 35.5. The molecule has 0 radical (unpaired) electrons. The Balaban J connectivity index is 1.72. The molecule has 7 nitrogen and oxygen atoms in total. The van der Waals surface area contributed by atoms with Crippen molar-refractivity contribution in [1.29, 1.82) is 0 Å². The summed E-state index contributed by atoms with van der Waals surface area (Å²) in [5.41, 5.74) is 5.78. The Morgan fingerprint density at radius 3 is 2.96 bits per heavy atom. The van der Waals surface area contributed by atoms with Crippen LogP contribution in [0, 0.1) is 0 Å². The number of nitrogens with one attached hydrogen (secondary N) is 2. The van der Waals surface area contributed by atoms with E-state index in [0.717, 1.165) is 11.3 Å². The van der Waals surface area contributed by atoms with Crippen LogP contribution in [-0.4, -0.2) is 26.2 Å². The van der Waals surface area contributed by atoms with Crippen molar-refractivity contribution in [3.63, 3.8) is 0 Å². The third kappa shape index (κ3) is 2.97. The van der Waals surface area contributed by atoms with Crippen LogP contribution >= 0.6 is 11.6 Å². The number of anilines is 2. The van der Waals surface area contributed by atoms with Crippen molar-refractivity contribution in [1.82, 2.24) is 20.0 Å². The molecule has 3 heterocycles. The summed E-state index contributed by atoms with van der Waals surface area (Å²) < 4.78 is 1.65. The van der Waals surface area contributed by atoms with Gasteiger partial charge < -0.3 is 5.32 Å². The summed E-state index contributed by atoms with van der Waals surface area (Å²) in [5, 5.41) is 12.0. The van der Waals surface area contributed by atoms with Gasteiger partial charge >= 0.3 is 0 Å². The largest absolute Gasteiger partial charge is 0.340 e. The van der Waals surface area contributed by atoms with Gasteiger partial charge in [0.05, 0.1) is 17.5 Å². The molecule has 1 aliphatic heterocycles. The van der Waals surface area contributed by atoms with Gasteiger partial charge in [0.1, 0.15) is 5.82 Å². The van der Waals surface area contributed by atoms with Crippen LogP contribution in [0.5, 0.6) is 0 Å². The normalized spacial score (nSPS) is 15.5. The second-order valence-corrected chi connectivity index (χ2v) is 5.95. The number of aromatic nitrogens is 3. The van der Waals surface area contributed by atoms with E-state index in [1.807, 2.05) is 24.3 Å². The summed E-state index contributed by atoms with van der Waals surface area (Å²) in [6, 6.07) is 9.20. The van der Waals surface area contributed by atoms with Crippen molar-refractivity contribution >= 4 is 46.4 Å². The number of nitrogens with zero attached hydrogens (tertiary/aromatic N) is 4. The molecule has 124 valence electrons. The maximum Gasteiger partial charge on any atom is 0.273 e. The highest BCUT2D eigenvalue weighted by molar-refractivity contribution is 6.30. The van der Waals surface area contributed by atoms with E-state index in [-0.39, 0.29) is 5.91 Å². The molecule has 3 aromatic rings. The van der Waals surface area contributed by atoms with Gasteiger partial charge in [-0.25, -0.2) is 14.9 Å². The molecule has 1 amide bonds. The lowest BCUT2D eigenvalue weighted by Crippen LogP contribution is -2.12. The monoisotopic (exact) mass is 352 g/mol. The third-order valence-electron chi connectivity index (χ3n) is 3.75. The average molecular weight is 353 g/mol. The minimum atomic E-state index is -0.231. The molecular weight excluding hydrogens is 340 g/mol. The molecule has 0 saturated heterocycles. The molecule has 1 aromatic carbocycles. The van der Waals surface area contributed by atoms with Gasteiger partial charge in [0.2, 0.25) is 0 Å². The van der Waals surface area contributed by atoms with E-state index in [4.69, 9.17) is 11.6 Å². The molecule has 0 unspecified atom stereocenters. The number of carbonyl (C=O) groups excluding carboxylic acids is 1. The number of hydrazone groups is 1. The lowest BCUT2D eigenvalue weighted by atomic mass is 10.1. The van der Waals surface area contributed by atoms with Crippen molar-refractivity contribution < 1.29 is 4.79 Å². The van der Waals surface area contributed by atoms with E-state index in [2.05, 4.69) is 25.9 Å². The molecule has 0 saturated carbocycles. The van der Waals surface area contributed by atoms with Crippen LogP contribution in [-0.2, 0) is 4.79 Å². The van der Waals surface area contributed by atoms with Gasteiger partial charge in [-0.2, -0.15) is 10.2 Å². The summed E-state index contributed by atoms with van der Waals surface area (Å²) >= 11 is 6.01. The molecule has 8 heteroatoms. The van der Waals surface area contributed by atoms with Gasteiger partial charge in [0.15, 0.2) is 5.65 Å². The van der Waals surface area contributed by atoms with E-state index >= 15 is 0 Å². The number of amides is 1. The number of carbonyl (C=O) groups is 1. The number of hydrogen-bond acceptors (Lipinski definition) is 5. The summed E-state index contributed by atoms with van der Waals surface area (Å²) in [6.07, 6.45) is 5.20. The molecule has 0 spiro atoms. The van der Waals surface area contributed by atoms with Crippen LogP contribution in [0.25, 0.3) is 11.7 Å². The number of fused-ring (bicyclic) bond motifs is 1. The first-order valence-corrected chi connectivity index (χ1v) is 7.91. The molecule has 4 rings (SSSR count). The first kappa shape index (κ1) is 15.3. The zero-order valence-electron chi connectivity index (χ0n) is 13.2. The Morgan fingerprint density at radius 2 is 2.20 bits per heavy atom. The zero-order valence-corrected chi connectivity index (χ0v) is 13.9. The summed E-state index contributed by atoms with van der Waals surface area (Å²) in [6.45, 7) is 1.77. The molecular formula is C17H13ClN6O. The fraction of sp³-hybridized carbons (Fsp3) is 0.0588. The standard InChI is InChI=1S/C17H13ClN6O/c1-10-14(17(25)23-22-10)7-11-9-19-24-6-5-15(21-16(11)24)20-13-4-2-3-12(18)8-13/h2-9H,1H3,(H,20,21)(H,23,25). The Bertz CT molecular complexity index is 1050. The van der Waals surface area contributed by atoms with Crippen LogP contribution in [0.2, 0.25) is 5.02 Å². The van der Waals surface area contributed by atoms with E-state index in [0.29, 0.717) is 27.8 Å². The Labute approximate surface area is 148 Å². The smallest absolute Gasteiger partial charge is 0.273 e. The number of benzene rings is 1. The predicted molar refractivity (Wildman–Crippen MR) is 97.0 cm³/mol. The molecule has 2 aromatic heterocycles. The van der Waals surface area contributed by atoms with Crippen LogP contribution in [0.15, 0.2) is 53.4 Å². The first-order valence-electron chi connectivity index (χ1n) is 7.54. The molecule has 0 aliphatic carbocycles. The Morgan fingerprint density at radius 1 is 1.32 bits per heavy atom. The average Bonchev–Trinajstić information content (AvgIpc) is 3.13. The van der Waals surface area contributed by atoms with Gasteiger partial charge in [-0.3, -0.25) is 4.79 Å². The minimum absolute atomic E-state index is 0.231. The molecule has 0 atom stereocenters. The molecule has 1 aliphatic rings. The minimum Gasteiger partial charge on any atom is -0.340 e. The number of halogens is 1. The zero-order chi connectivity index (χ0) is 17.4. The van der Waals surface area contributed by atoms with Crippen molar-refractivity contribution in [3.05, 3.63) is 58.9 Å². The summed E-state index contributed by atoms with van der Waals surface area (Å²) in [4.78, 5) is 16.4. The van der Waals surface area contributed by atoms with Gasteiger partial charge in [-0.05, 0) is 37.3 Å². The van der Waals surface area contributed by atoms with Crippen molar-refractivity contribution in [2.45, 2.75) is 6.92 Å². The molecule has 0 fully saturated rings. The van der Waals surface area contributed by atoms with Gasteiger partial charge in [0, 0.05) is 22.5 Å². The predicted octanol–water partition coefficient (Wildman–Crippen LogP) is 3.02. The van der Waals surface area contributed by atoms with E-state index in [1.165, 1.54) is 0 Å². The number of hydrogen-bond donors (Lipinski definition) is 2. The summed E-state index contributed by atoms with van der Waals surface area (Å²) in [5.74, 6) is 0.418. The van der Waals surface area contributed by atoms with Crippen molar-refractivity contribution in [2.24, 2.45) is 5.10 Å². The second kappa shape index (κ2) is 6.03. The summed E-state index contributed by atoms with van der Waals surface area (Å²) in [7, 11) is 0. The highest BCUT2D eigenvalue weighted by Crippen LogP contribution is 2.21. The maximum atomic E-state index is 11.8. The van der Waals surface area contributed by atoms with Crippen molar-refractivity contribution in [3.8, 4) is 0 Å². The Kier molecular flexibility index (Phi) is 3.70. The van der Waals surface area contributed by atoms with Crippen molar-refractivity contribution in [2.75, 3.05) is 5.32 Å². The van der Waals surface area contributed by atoms with Crippen LogP contribution < -0.4 is 10.7 Å². The SMILES string of the molecule is CC1=NNC(=O)C1=Cc1cnn2ccc(Nc3cccc(Cl)c3)nc12. The van der Waals surface area contributed by atoms with E-state index in [1.54, 1.807) is 36.0 Å². The van der Waals surface area contributed by atoms with Crippen LogP contribution in [0.1, 0.15) is 12.5 Å². The van der Waals surface area contributed by atoms with Gasteiger partial charge in [-0.15, -0.1) is 0 Å². The Hall–Kier alpha value is -3.19. The molecule has 2 N–H and O–H groups in total. The quantitative estimate of drug-likeness (QED) is 0.710. The lowest BCUT2D eigenvalue weighted by Gasteiger charge is -2.06. The molecule has 25 heavy (non-hydrogen) atoms. The third-order valence-corrected chi connectivity index (χ3v) is 3.99. The fourth-order valence-electron chi connectivity index (χ4n) is 2.52.